The molecule has 3 heteroatoms. The summed E-state index contributed by atoms with van der Waals surface area (Å²) in [7, 11) is 0. The molecule has 0 saturated carbocycles. The molecule has 4 rings (SSSR count). The van der Waals surface area contributed by atoms with Crippen molar-refractivity contribution in [2.45, 2.75) is 57.4 Å². The zero-order valence-corrected chi connectivity index (χ0v) is 18.6. The Morgan fingerprint density at radius 2 is 1.40 bits per heavy atom. The van der Waals surface area contributed by atoms with Crippen molar-refractivity contribution in [3.05, 3.63) is 71.8 Å². The van der Waals surface area contributed by atoms with Gasteiger partial charge in [0.25, 0.3) is 0 Å². The summed E-state index contributed by atoms with van der Waals surface area (Å²) in [5.41, 5.74) is 1.70. The third kappa shape index (κ3) is 3.92. The maximum Gasteiger partial charge on any atom is 0.238 e. The second kappa shape index (κ2) is 9.34. The minimum absolute atomic E-state index is 0.215. The summed E-state index contributed by atoms with van der Waals surface area (Å²) >= 11 is 0. The smallest absolute Gasteiger partial charge is 0.238 e. The van der Waals surface area contributed by atoms with Crippen LogP contribution in [0.4, 0.5) is 0 Å². The van der Waals surface area contributed by atoms with Crippen LogP contribution in [0.5, 0.6) is 0 Å². The highest BCUT2D eigenvalue weighted by Crippen LogP contribution is 2.48. The number of carbonyl (C=O) groups is 1. The summed E-state index contributed by atoms with van der Waals surface area (Å²) in [4.78, 5) is 18.9. The highest BCUT2D eigenvalue weighted by Gasteiger charge is 2.56. The van der Waals surface area contributed by atoms with Gasteiger partial charge < -0.3 is 9.80 Å². The Morgan fingerprint density at radius 1 is 0.867 bits per heavy atom. The van der Waals surface area contributed by atoms with Crippen molar-refractivity contribution in [2.75, 3.05) is 26.2 Å². The SMILES string of the molecule is CC(C)N1C[C@H](CCN2CCCCCC2)C(c2ccccc2)(c2ccccc2)C1=O. The van der Waals surface area contributed by atoms with Crippen LogP contribution in [0, 0.1) is 5.92 Å². The second-order valence-electron chi connectivity index (χ2n) is 9.33. The molecule has 3 nitrogen and oxygen atoms in total. The fourth-order valence-electron chi connectivity index (χ4n) is 5.60. The molecule has 0 N–H and O–H groups in total. The van der Waals surface area contributed by atoms with Crippen molar-refractivity contribution in [3.63, 3.8) is 0 Å². The average molecular weight is 405 g/mol. The first-order valence-electron chi connectivity index (χ1n) is 11.8. The molecule has 1 atom stereocenters. The van der Waals surface area contributed by atoms with E-state index >= 15 is 0 Å². The van der Waals surface area contributed by atoms with Crippen molar-refractivity contribution >= 4 is 5.91 Å². The van der Waals surface area contributed by atoms with Crippen molar-refractivity contribution in [1.29, 1.82) is 0 Å². The minimum atomic E-state index is -0.585. The van der Waals surface area contributed by atoms with E-state index in [0.29, 0.717) is 0 Å². The van der Waals surface area contributed by atoms with Crippen LogP contribution in [0.1, 0.15) is 57.1 Å². The van der Waals surface area contributed by atoms with Gasteiger partial charge in [-0.3, -0.25) is 4.79 Å². The van der Waals surface area contributed by atoms with Crippen molar-refractivity contribution in [1.82, 2.24) is 9.80 Å². The number of benzene rings is 2. The van der Waals surface area contributed by atoms with Crippen LogP contribution in [-0.2, 0) is 10.2 Å². The number of hydrogen-bond acceptors (Lipinski definition) is 2. The number of carbonyl (C=O) groups excluding carboxylic acids is 1. The maximum absolute atomic E-state index is 14.1. The molecule has 0 radical (unpaired) electrons. The van der Waals surface area contributed by atoms with E-state index in [1.54, 1.807) is 0 Å². The first-order chi connectivity index (χ1) is 14.6. The van der Waals surface area contributed by atoms with Gasteiger partial charge >= 0.3 is 0 Å². The lowest BCUT2D eigenvalue weighted by atomic mass is 9.66. The highest BCUT2D eigenvalue weighted by atomic mass is 16.2. The summed E-state index contributed by atoms with van der Waals surface area (Å²) in [6.07, 6.45) is 6.39. The van der Waals surface area contributed by atoms with Gasteiger partial charge in [0.2, 0.25) is 5.91 Å². The Morgan fingerprint density at radius 3 is 1.90 bits per heavy atom. The average Bonchev–Trinajstić information content (AvgIpc) is 2.91. The normalized spacial score (nSPS) is 22.4. The molecule has 0 bridgehead atoms. The van der Waals surface area contributed by atoms with E-state index in [-0.39, 0.29) is 17.9 Å². The lowest BCUT2D eigenvalue weighted by Gasteiger charge is -2.35. The molecular weight excluding hydrogens is 368 g/mol. The monoisotopic (exact) mass is 404 g/mol. The lowest BCUT2D eigenvalue weighted by molar-refractivity contribution is -0.132. The minimum Gasteiger partial charge on any atom is -0.339 e. The molecule has 0 aromatic heterocycles. The quantitative estimate of drug-likeness (QED) is 0.668. The van der Waals surface area contributed by atoms with Gasteiger partial charge in [0.15, 0.2) is 0 Å². The predicted molar refractivity (Wildman–Crippen MR) is 124 cm³/mol. The first kappa shape index (κ1) is 21.1. The van der Waals surface area contributed by atoms with Gasteiger partial charge in [0.1, 0.15) is 5.41 Å². The second-order valence-corrected chi connectivity index (χ2v) is 9.33. The number of rotatable bonds is 6. The van der Waals surface area contributed by atoms with Crippen LogP contribution < -0.4 is 0 Å². The molecule has 0 unspecified atom stereocenters. The molecule has 0 spiro atoms. The van der Waals surface area contributed by atoms with Crippen LogP contribution in [-0.4, -0.2) is 47.9 Å². The Kier molecular flexibility index (Phi) is 6.58. The molecule has 2 aliphatic rings. The molecule has 2 aliphatic heterocycles. The van der Waals surface area contributed by atoms with Crippen LogP contribution in [0.15, 0.2) is 60.7 Å². The third-order valence-corrected chi connectivity index (χ3v) is 7.20. The molecule has 2 heterocycles. The topological polar surface area (TPSA) is 23.6 Å². The van der Waals surface area contributed by atoms with E-state index in [1.807, 2.05) is 12.1 Å². The van der Waals surface area contributed by atoms with Crippen molar-refractivity contribution < 1.29 is 4.79 Å². The number of nitrogens with zero attached hydrogens (tertiary/aromatic N) is 2. The molecule has 2 aromatic rings. The van der Waals surface area contributed by atoms with Gasteiger partial charge in [0.05, 0.1) is 0 Å². The summed E-state index contributed by atoms with van der Waals surface area (Å²) < 4.78 is 0. The fourth-order valence-corrected chi connectivity index (χ4v) is 5.60. The van der Waals surface area contributed by atoms with Gasteiger partial charge in [-0.1, -0.05) is 73.5 Å². The van der Waals surface area contributed by atoms with E-state index in [9.17, 15) is 4.79 Å². The number of hydrogen-bond donors (Lipinski definition) is 0. The zero-order chi connectivity index (χ0) is 21.0. The molecule has 2 aromatic carbocycles. The molecule has 160 valence electrons. The molecule has 0 aliphatic carbocycles. The Bertz CT molecular complexity index is 770. The molecule has 1 amide bonds. The fraction of sp³-hybridized carbons (Fsp3) is 0.519. The van der Waals surface area contributed by atoms with E-state index in [4.69, 9.17) is 0 Å². The molecule has 2 saturated heterocycles. The summed E-state index contributed by atoms with van der Waals surface area (Å²) in [5.74, 6) is 0.552. The van der Waals surface area contributed by atoms with Crippen LogP contribution in [0.25, 0.3) is 0 Å². The lowest BCUT2D eigenvalue weighted by Crippen LogP contribution is -2.44. The first-order valence-corrected chi connectivity index (χ1v) is 11.8. The predicted octanol–water partition coefficient (Wildman–Crippen LogP) is 5.11. The van der Waals surface area contributed by atoms with Crippen molar-refractivity contribution in [2.24, 2.45) is 5.92 Å². The van der Waals surface area contributed by atoms with Gasteiger partial charge in [-0.25, -0.2) is 0 Å². The van der Waals surface area contributed by atoms with E-state index in [1.165, 1.54) is 38.8 Å². The van der Waals surface area contributed by atoms with Gasteiger partial charge in [-0.05, 0) is 63.9 Å². The maximum atomic E-state index is 14.1. The van der Waals surface area contributed by atoms with Crippen LogP contribution in [0.3, 0.4) is 0 Å². The van der Waals surface area contributed by atoms with Crippen LogP contribution >= 0.6 is 0 Å². The summed E-state index contributed by atoms with van der Waals surface area (Å²) in [6.45, 7) is 8.64. The molecular formula is C27H36N2O. The van der Waals surface area contributed by atoms with Gasteiger partial charge in [0, 0.05) is 18.5 Å². The molecule has 2 fully saturated rings. The highest BCUT2D eigenvalue weighted by molar-refractivity contribution is 5.95. The van der Waals surface area contributed by atoms with E-state index in [0.717, 1.165) is 30.6 Å². The zero-order valence-electron chi connectivity index (χ0n) is 18.6. The summed E-state index contributed by atoms with van der Waals surface area (Å²) in [6, 6.07) is 21.3. The van der Waals surface area contributed by atoms with Crippen LogP contribution in [0.2, 0.25) is 0 Å². The largest absolute Gasteiger partial charge is 0.339 e. The van der Waals surface area contributed by atoms with Crippen molar-refractivity contribution in [3.8, 4) is 0 Å². The Balaban J connectivity index is 1.74. The number of amides is 1. The molecule has 30 heavy (non-hydrogen) atoms. The Hall–Kier alpha value is -2.13. The third-order valence-electron chi connectivity index (χ3n) is 7.20. The standard InChI is InChI=1S/C27H36N2O/c1-22(2)29-21-25(17-20-28-18-11-3-4-12-19-28)27(26(29)30,23-13-7-5-8-14-23)24-15-9-6-10-16-24/h5-10,13-16,22,25H,3-4,11-12,17-21H2,1-2H3/t25-/m0/s1. The summed E-state index contributed by atoms with van der Waals surface area (Å²) in [5, 5.41) is 0. The van der Waals surface area contributed by atoms with E-state index < -0.39 is 5.41 Å². The van der Waals surface area contributed by atoms with Gasteiger partial charge in [-0.15, -0.1) is 0 Å². The Labute approximate surface area is 182 Å². The van der Waals surface area contributed by atoms with E-state index in [2.05, 4.69) is 72.2 Å². The van der Waals surface area contributed by atoms with Gasteiger partial charge in [-0.2, -0.15) is 0 Å². The number of likely N-dealkylation sites (tertiary alicyclic amines) is 2.